The fourth-order valence-corrected chi connectivity index (χ4v) is 2.28. The quantitative estimate of drug-likeness (QED) is 0.753. The molecule has 2 rings (SSSR count). The second kappa shape index (κ2) is 4.24. The van der Waals surface area contributed by atoms with Crippen LogP contribution in [0.2, 0.25) is 0 Å². The Balaban J connectivity index is 2.34. The molecule has 0 radical (unpaired) electrons. The third-order valence-corrected chi connectivity index (χ3v) is 3.16. The zero-order valence-electron chi connectivity index (χ0n) is 7.90. The maximum absolute atomic E-state index is 13.0. The molecule has 3 heteroatoms. The number of rotatable bonds is 2. The number of hydrogen-bond acceptors (Lipinski definition) is 2. The molecule has 0 amide bonds. The van der Waals surface area contributed by atoms with Crippen LogP contribution in [-0.4, -0.2) is 0 Å². The second-order valence-corrected chi connectivity index (χ2v) is 4.28. The van der Waals surface area contributed by atoms with Crippen LogP contribution in [0.15, 0.2) is 36.4 Å². The molecule has 0 spiro atoms. The number of nitriles is 1. The highest BCUT2D eigenvalue weighted by Gasteiger charge is 2.03. The summed E-state index contributed by atoms with van der Waals surface area (Å²) >= 11 is 1.53. The van der Waals surface area contributed by atoms with Gasteiger partial charge in [0.25, 0.3) is 0 Å². The first-order chi connectivity index (χ1) is 7.29. The van der Waals surface area contributed by atoms with Crippen LogP contribution in [0.3, 0.4) is 0 Å². The van der Waals surface area contributed by atoms with Gasteiger partial charge in [0.2, 0.25) is 0 Å². The molecular weight excluding hydrogens is 209 g/mol. The Morgan fingerprint density at radius 1 is 1.27 bits per heavy atom. The Labute approximate surface area is 91.4 Å². The van der Waals surface area contributed by atoms with E-state index in [9.17, 15) is 4.39 Å². The van der Waals surface area contributed by atoms with Gasteiger partial charge in [-0.25, -0.2) is 4.39 Å². The summed E-state index contributed by atoms with van der Waals surface area (Å²) in [5, 5.41) is 8.54. The van der Waals surface area contributed by atoms with Crippen molar-refractivity contribution in [3.05, 3.63) is 47.1 Å². The zero-order valence-corrected chi connectivity index (χ0v) is 8.72. The number of halogens is 1. The van der Waals surface area contributed by atoms with Crippen molar-refractivity contribution in [2.24, 2.45) is 0 Å². The minimum Gasteiger partial charge on any atom is -0.207 e. The minimum absolute atomic E-state index is 0.234. The summed E-state index contributed by atoms with van der Waals surface area (Å²) in [6.07, 6.45) is 0.417. The van der Waals surface area contributed by atoms with E-state index >= 15 is 0 Å². The van der Waals surface area contributed by atoms with Crippen LogP contribution >= 0.6 is 11.3 Å². The lowest BCUT2D eigenvalue weighted by molar-refractivity contribution is 0.628. The molecule has 0 atom stereocenters. The molecule has 0 aliphatic rings. The van der Waals surface area contributed by atoms with Gasteiger partial charge in [0.15, 0.2) is 0 Å². The maximum Gasteiger partial charge on any atom is 0.123 e. The lowest BCUT2D eigenvalue weighted by Gasteiger charge is -1.96. The van der Waals surface area contributed by atoms with Gasteiger partial charge in [-0.2, -0.15) is 5.26 Å². The van der Waals surface area contributed by atoms with Gasteiger partial charge in [-0.1, -0.05) is 12.1 Å². The largest absolute Gasteiger partial charge is 0.207 e. The molecule has 1 nitrogen and oxygen atoms in total. The topological polar surface area (TPSA) is 23.8 Å². The molecule has 0 aliphatic heterocycles. The van der Waals surface area contributed by atoms with Crippen molar-refractivity contribution >= 4 is 11.3 Å². The molecule has 15 heavy (non-hydrogen) atoms. The minimum atomic E-state index is -0.234. The van der Waals surface area contributed by atoms with Gasteiger partial charge in [-0.15, -0.1) is 11.3 Å². The van der Waals surface area contributed by atoms with E-state index < -0.39 is 0 Å². The molecule has 74 valence electrons. The molecule has 1 aromatic carbocycles. The van der Waals surface area contributed by atoms with E-state index in [0.29, 0.717) is 6.42 Å². The smallest absolute Gasteiger partial charge is 0.123 e. The normalized spacial score (nSPS) is 9.87. The lowest BCUT2D eigenvalue weighted by atomic mass is 10.2. The average Bonchev–Trinajstić information content (AvgIpc) is 2.67. The summed E-state index contributed by atoms with van der Waals surface area (Å²) in [7, 11) is 0. The van der Waals surface area contributed by atoms with E-state index in [4.69, 9.17) is 5.26 Å². The first-order valence-electron chi connectivity index (χ1n) is 4.51. The molecule has 1 aromatic heterocycles. The second-order valence-electron chi connectivity index (χ2n) is 3.11. The highest BCUT2D eigenvalue weighted by molar-refractivity contribution is 7.15. The van der Waals surface area contributed by atoms with Crippen molar-refractivity contribution < 1.29 is 4.39 Å². The maximum atomic E-state index is 13.0. The van der Waals surface area contributed by atoms with E-state index in [0.717, 1.165) is 15.3 Å². The summed E-state index contributed by atoms with van der Waals surface area (Å²) in [4.78, 5) is 2.01. The summed E-state index contributed by atoms with van der Waals surface area (Å²) in [5.41, 5.74) is 0.865. The molecule has 0 aliphatic carbocycles. The molecular formula is C12H8FNS. The Morgan fingerprint density at radius 3 is 2.87 bits per heavy atom. The predicted octanol–water partition coefficient (Wildman–Crippen LogP) is 3.62. The van der Waals surface area contributed by atoms with E-state index in [2.05, 4.69) is 6.07 Å². The molecule has 0 fully saturated rings. The molecule has 0 saturated carbocycles. The van der Waals surface area contributed by atoms with Crippen molar-refractivity contribution in [2.75, 3.05) is 0 Å². The van der Waals surface area contributed by atoms with Gasteiger partial charge in [0, 0.05) is 9.75 Å². The molecule has 0 unspecified atom stereocenters. The molecule has 1 heterocycles. The Kier molecular flexibility index (Phi) is 2.79. The van der Waals surface area contributed by atoms with Crippen molar-refractivity contribution in [1.82, 2.24) is 0 Å². The van der Waals surface area contributed by atoms with Crippen LogP contribution in [0.1, 0.15) is 4.88 Å². The fraction of sp³-hybridized carbons (Fsp3) is 0.0833. The van der Waals surface area contributed by atoms with Crippen molar-refractivity contribution in [3.8, 4) is 16.5 Å². The van der Waals surface area contributed by atoms with E-state index in [1.54, 1.807) is 6.07 Å². The predicted molar refractivity (Wildman–Crippen MR) is 59.0 cm³/mol. The van der Waals surface area contributed by atoms with Gasteiger partial charge < -0.3 is 0 Å². The third-order valence-electron chi connectivity index (χ3n) is 2.02. The molecule has 0 saturated heterocycles. The van der Waals surface area contributed by atoms with E-state index in [1.165, 1.54) is 23.5 Å². The van der Waals surface area contributed by atoms with Crippen LogP contribution in [-0.2, 0) is 6.42 Å². The SMILES string of the molecule is N#CCc1ccc(-c2cccc(F)c2)s1. The van der Waals surface area contributed by atoms with Crippen LogP contribution in [0, 0.1) is 17.1 Å². The summed E-state index contributed by atoms with van der Waals surface area (Å²) in [5.74, 6) is -0.234. The molecule has 0 N–H and O–H groups in total. The number of benzene rings is 1. The Morgan fingerprint density at radius 2 is 2.13 bits per heavy atom. The van der Waals surface area contributed by atoms with Crippen LogP contribution in [0.5, 0.6) is 0 Å². The van der Waals surface area contributed by atoms with E-state index in [1.807, 2.05) is 18.2 Å². The van der Waals surface area contributed by atoms with Crippen molar-refractivity contribution in [3.63, 3.8) is 0 Å². The Bertz CT molecular complexity index is 510. The van der Waals surface area contributed by atoms with Gasteiger partial charge in [0.05, 0.1) is 12.5 Å². The number of hydrogen-bond donors (Lipinski definition) is 0. The summed E-state index contributed by atoms with van der Waals surface area (Å²) in [6.45, 7) is 0. The highest BCUT2D eigenvalue weighted by Crippen LogP contribution is 2.28. The van der Waals surface area contributed by atoms with Gasteiger partial charge >= 0.3 is 0 Å². The van der Waals surface area contributed by atoms with Crippen LogP contribution in [0.25, 0.3) is 10.4 Å². The lowest BCUT2D eigenvalue weighted by Crippen LogP contribution is -1.74. The molecule has 0 bridgehead atoms. The number of thiophene rings is 1. The highest BCUT2D eigenvalue weighted by atomic mass is 32.1. The van der Waals surface area contributed by atoms with Gasteiger partial charge in [-0.05, 0) is 29.8 Å². The first-order valence-corrected chi connectivity index (χ1v) is 5.33. The van der Waals surface area contributed by atoms with E-state index in [-0.39, 0.29) is 5.82 Å². The van der Waals surface area contributed by atoms with Gasteiger partial charge in [0.1, 0.15) is 5.82 Å². The monoisotopic (exact) mass is 217 g/mol. The summed E-state index contributed by atoms with van der Waals surface area (Å²) in [6, 6.07) is 12.4. The standard InChI is InChI=1S/C12H8FNS/c13-10-3-1-2-9(8-10)12-5-4-11(15-12)6-7-14/h1-5,8H,6H2. The Hall–Kier alpha value is -1.66. The van der Waals surface area contributed by atoms with Crippen molar-refractivity contribution in [2.45, 2.75) is 6.42 Å². The fourth-order valence-electron chi connectivity index (χ4n) is 1.35. The van der Waals surface area contributed by atoms with Crippen LogP contribution < -0.4 is 0 Å². The van der Waals surface area contributed by atoms with Gasteiger partial charge in [-0.3, -0.25) is 0 Å². The zero-order chi connectivity index (χ0) is 10.7. The first kappa shape index (κ1) is 9.88. The average molecular weight is 217 g/mol. The molecule has 2 aromatic rings. The van der Waals surface area contributed by atoms with Crippen molar-refractivity contribution in [1.29, 1.82) is 5.26 Å². The third kappa shape index (κ3) is 2.23. The summed E-state index contributed by atoms with van der Waals surface area (Å²) < 4.78 is 13.0. The van der Waals surface area contributed by atoms with Crippen LogP contribution in [0.4, 0.5) is 4.39 Å². The number of nitrogens with zero attached hydrogens (tertiary/aromatic N) is 1.